The Kier molecular flexibility index (Phi) is 6.43. The van der Waals surface area contributed by atoms with E-state index in [1.54, 1.807) is 13.2 Å². The predicted molar refractivity (Wildman–Crippen MR) is 60.2 cm³/mol. The van der Waals surface area contributed by atoms with E-state index in [1.165, 1.54) is 0 Å². The smallest absolute Gasteiger partial charge is 0.193 e. The van der Waals surface area contributed by atoms with E-state index in [9.17, 15) is 0 Å². The first-order valence-electron chi connectivity index (χ1n) is 4.97. The molecule has 0 radical (unpaired) electrons. The molecule has 0 amide bonds. The Hall–Kier alpha value is -0.550. The fourth-order valence-electron chi connectivity index (χ4n) is 1.13. The molecular weight excluding hydrogens is 216 g/mol. The molecule has 0 bridgehead atoms. The molecule has 1 rings (SSSR count). The molecule has 0 aromatic carbocycles. The van der Waals surface area contributed by atoms with Crippen LogP contribution < -0.4 is 10.6 Å². The van der Waals surface area contributed by atoms with Crippen LogP contribution in [0, 0.1) is 0 Å². The zero-order valence-corrected chi connectivity index (χ0v) is 9.64. The van der Waals surface area contributed by atoms with Crippen molar-refractivity contribution in [3.63, 3.8) is 0 Å². The Labute approximate surface area is 94.9 Å². The number of hydrogen-bond acceptors (Lipinski definition) is 4. The van der Waals surface area contributed by atoms with Crippen molar-refractivity contribution in [3.8, 4) is 0 Å². The molecule has 15 heavy (non-hydrogen) atoms. The van der Waals surface area contributed by atoms with Crippen LogP contribution in [0.25, 0.3) is 0 Å². The summed E-state index contributed by atoms with van der Waals surface area (Å²) >= 11 is 5.64. The quantitative estimate of drug-likeness (QED) is 0.663. The second kappa shape index (κ2) is 7.70. The zero-order valence-electron chi connectivity index (χ0n) is 8.88. The number of nitrogens with one attached hydrogen (secondary N) is 2. The lowest BCUT2D eigenvalue weighted by atomic mass is 10.4. The zero-order chi connectivity index (χ0) is 10.9. The topological polar surface area (TPSA) is 46.4 Å². The van der Waals surface area contributed by atoms with E-state index in [2.05, 4.69) is 10.6 Å². The fourth-order valence-corrected chi connectivity index (χ4v) is 1.30. The second-order valence-corrected chi connectivity index (χ2v) is 3.50. The lowest BCUT2D eigenvalue weighted by molar-refractivity contribution is 0.199. The van der Waals surface area contributed by atoms with Gasteiger partial charge in [-0.3, -0.25) is 0 Å². The van der Waals surface area contributed by atoms with E-state index in [-0.39, 0.29) is 0 Å². The van der Waals surface area contributed by atoms with Gasteiger partial charge in [0.25, 0.3) is 0 Å². The maximum absolute atomic E-state index is 5.64. The van der Waals surface area contributed by atoms with Gasteiger partial charge in [0.2, 0.25) is 0 Å². The minimum atomic E-state index is 0.435. The standard InChI is InChI=1S/C10H17ClN2O2/c1-14-7-6-12-4-5-13-8-9-2-3-10(11)15-9/h2-3,12-13H,4-8H2,1H3. The third-order valence-electron chi connectivity index (χ3n) is 1.89. The predicted octanol–water partition coefficient (Wildman–Crippen LogP) is 1.26. The van der Waals surface area contributed by atoms with Crippen LogP contribution in [0.5, 0.6) is 0 Å². The summed E-state index contributed by atoms with van der Waals surface area (Å²) in [6, 6.07) is 3.61. The normalized spacial score (nSPS) is 10.8. The largest absolute Gasteiger partial charge is 0.448 e. The highest BCUT2D eigenvalue weighted by Gasteiger charge is 1.97. The van der Waals surface area contributed by atoms with Crippen LogP contribution in [0.4, 0.5) is 0 Å². The van der Waals surface area contributed by atoms with Gasteiger partial charge in [-0.05, 0) is 23.7 Å². The van der Waals surface area contributed by atoms with Crippen molar-refractivity contribution < 1.29 is 9.15 Å². The van der Waals surface area contributed by atoms with Crippen molar-refractivity contribution in [1.29, 1.82) is 0 Å². The average molecular weight is 233 g/mol. The molecule has 5 heteroatoms. The lowest BCUT2D eigenvalue weighted by Crippen LogP contribution is -2.29. The van der Waals surface area contributed by atoms with E-state index < -0.39 is 0 Å². The van der Waals surface area contributed by atoms with Gasteiger partial charge >= 0.3 is 0 Å². The summed E-state index contributed by atoms with van der Waals surface area (Å²) in [6.07, 6.45) is 0. The molecule has 0 aliphatic heterocycles. The van der Waals surface area contributed by atoms with Crippen molar-refractivity contribution in [2.45, 2.75) is 6.54 Å². The maximum atomic E-state index is 5.64. The van der Waals surface area contributed by atoms with Crippen LogP contribution >= 0.6 is 11.6 Å². The first-order valence-corrected chi connectivity index (χ1v) is 5.35. The first-order chi connectivity index (χ1) is 7.33. The van der Waals surface area contributed by atoms with Gasteiger partial charge in [-0.25, -0.2) is 0 Å². The third kappa shape index (κ3) is 5.79. The van der Waals surface area contributed by atoms with Crippen molar-refractivity contribution in [3.05, 3.63) is 23.1 Å². The van der Waals surface area contributed by atoms with E-state index in [0.717, 1.165) is 32.0 Å². The van der Waals surface area contributed by atoms with Gasteiger partial charge in [-0.2, -0.15) is 0 Å². The molecule has 0 saturated heterocycles. The summed E-state index contributed by atoms with van der Waals surface area (Å²) in [5, 5.41) is 6.91. The van der Waals surface area contributed by atoms with Crippen LogP contribution in [0.3, 0.4) is 0 Å². The Morgan fingerprint density at radius 1 is 1.27 bits per heavy atom. The molecule has 86 valence electrons. The molecule has 0 fully saturated rings. The van der Waals surface area contributed by atoms with Crippen LogP contribution in [0.1, 0.15) is 5.76 Å². The van der Waals surface area contributed by atoms with Gasteiger partial charge in [-0.1, -0.05) is 0 Å². The Bertz CT molecular complexity index is 266. The van der Waals surface area contributed by atoms with Gasteiger partial charge in [-0.15, -0.1) is 0 Å². The molecule has 0 unspecified atom stereocenters. The summed E-state index contributed by atoms with van der Waals surface area (Å²) in [6.45, 7) is 4.14. The van der Waals surface area contributed by atoms with Crippen LogP contribution in [0.2, 0.25) is 5.22 Å². The summed E-state index contributed by atoms with van der Waals surface area (Å²) in [5.74, 6) is 0.858. The minimum absolute atomic E-state index is 0.435. The average Bonchev–Trinajstić information content (AvgIpc) is 2.63. The Balaban J connectivity index is 1.93. The van der Waals surface area contributed by atoms with Gasteiger partial charge < -0.3 is 19.8 Å². The number of hydrogen-bond donors (Lipinski definition) is 2. The van der Waals surface area contributed by atoms with Gasteiger partial charge in [0.05, 0.1) is 13.2 Å². The molecule has 2 N–H and O–H groups in total. The minimum Gasteiger partial charge on any atom is -0.448 e. The molecule has 1 aromatic rings. The van der Waals surface area contributed by atoms with Crippen LogP contribution in [0.15, 0.2) is 16.5 Å². The van der Waals surface area contributed by atoms with Gasteiger partial charge in [0.15, 0.2) is 5.22 Å². The molecular formula is C10H17ClN2O2. The second-order valence-electron chi connectivity index (χ2n) is 3.13. The van der Waals surface area contributed by atoms with Crippen LogP contribution in [-0.4, -0.2) is 33.4 Å². The Morgan fingerprint density at radius 3 is 2.73 bits per heavy atom. The summed E-state index contributed by atoms with van der Waals surface area (Å²) in [7, 11) is 1.70. The highest BCUT2D eigenvalue weighted by atomic mass is 35.5. The van der Waals surface area contributed by atoms with Crippen molar-refractivity contribution >= 4 is 11.6 Å². The van der Waals surface area contributed by atoms with Crippen molar-refractivity contribution in [1.82, 2.24) is 10.6 Å². The van der Waals surface area contributed by atoms with E-state index in [1.807, 2.05) is 6.07 Å². The molecule has 1 heterocycles. The summed E-state index contributed by atoms with van der Waals surface area (Å²) in [5.41, 5.74) is 0. The van der Waals surface area contributed by atoms with E-state index in [4.69, 9.17) is 20.8 Å². The van der Waals surface area contributed by atoms with Gasteiger partial charge in [0, 0.05) is 26.7 Å². The maximum Gasteiger partial charge on any atom is 0.193 e. The fraction of sp³-hybridized carbons (Fsp3) is 0.600. The lowest BCUT2D eigenvalue weighted by Gasteiger charge is -2.04. The molecule has 0 spiro atoms. The summed E-state index contributed by atoms with van der Waals surface area (Å²) < 4.78 is 10.1. The van der Waals surface area contributed by atoms with E-state index >= 15 is 0 Å². The van der Waals surface area contributed by atoms with Crippen molar-refractivity contribution in [2.24, 2.45) is 0 Å². The molecule has 0 aliphatic rings. The Morgan fingerprint density at radius 2 is 2.07 bits per heavy atom. The van der Waals surface area contributed by atoms with Crippen LogP contribution in [-0.2, 0) is 11.3 Å². The monoisotopic (exact) mass is 232 g/mol. The van der Waals surface area contributed by atoms with E-state index in [0.29, 0.717) is 11.8 Å². The number of furan rings is 1. The molecule has 1 aromatic heterocycles. The highest BCUT2D eigenvalue weighted by molar-refractivity contribution is 6.28. The third-order valence-corrected chi connectivity index (χ3v) is 2.09. The number of methoxy groups -OCH3 is 1. The molecule has 4 nitrogen and oxygen atoms in total. The molecule has 0 aliphatic carbocycles. The number of rotatable bonds is 8. The molecule has 0 saturated carbocycles. The summed E-state index contributed by atoms with van der Waals surface area (Å²) in [4.78, 5) is 0. The van der Waals surface area contributed by atoms with Gasteiger partial charge in [0.1, 0.15) is 5.76 Å². The highest BCUT2D eigenvalue weighted by Crippen LogP contribution is 2.12. The number of ether oxygens (including phenoxy) is 1. The number of halogens is 1. The first kappa shape index (κ1) is 12.5. The molecule has 0 atom stereocenters. The van der Waals surface area contributed by atoms with Crippen molar-refractivity contribution in [2.75, 3.05) is 33.4 Å². The SMILES string of the molecule is COCCNCCNCc1ccc(Cl)o1.